The van der Waals surface area contributed by atoms with E-state index in [1.807, 2.05) is 19.1 Å². The fraction of sp³-hybridized carbons (Fsp3) is 0.500. The predicted molar refractivity (Wildman–Crippen MR) is 80.9 cm³/mol. The number of nitrogens with zero attached hydrogens (tertiary/aromatic N) is 1. The van der Waals surface area contributed by atoms with Crippen LogP contribution >= 0.6 is 0 Å². The van der Waals surface area contributed by atoms with Crippen LogP contribution in [0.4, 0.5) is 5.69 Å². The van der Waals surface area contributed by atoms with E-state index in [0.717, 1.165) is 11.3 Å². The summed E-state index contributed by atoms with van der Waals surface area (Å²) in [4.78, 5) is 25.3. The minimum Gasteiger partial charge on any atom is -0.484 e. The number of hydrogen-bond acceptors (Lipinski definition) is 4. The number of benzene rings is 1. The zero-order chi connectivity index (χ0) is 15.5. The summed E-state index contributed by atoms with van der Waals surface area (Å²) in [6.07, 6.45) is 1.19. The number of rotatable bonds is 3. The Bertz CT molecular complexity index is 588. The van der Waals surface area contributed by atoms with Crippen LogP contribution in [0.5, 0.6) is 5.75 Å². The van der Waals surface area contributed by atoms with Crippen molar-refractivity contribution >= 4 is 17.5 Å². The maximum absolute atomic E-state index is 12.2. The van der Waals surface area contributed by atoms with Gasteiger partial charge in [-0.1, -0.05) is 0 Å². The van der Waals surface area contributed by atoms with Gasteiger partial charge in [-0.2, -0.15) is 0 Å². The maximum atomic E-state index is 12.2. The Morgan fingerprint density at radius 1 is 1.45 bits per heavy atom. The predicted octanol–water partition coefficient (Wildman–Crippen LogP) is 1.20. The molecule has 1 aromatic rings. The lowest BCUT2D eigenvalue weighted by Crippen LogP contribution is -2.48. The molecule has 0 radical (unpaired) electrons. The van der Waals surface area contributed by atoms with Crippen LogP contribution in [-0.4, -0.2) is 49.1 Å². The summed E-state index contributed by atoms with van der Waals surface area (Å²) in [6, 6.07) is 5.58. The van der Waals surface area contributed by atoms with Gasteiger partial charge in [0.05, 0.1) is 19.3 Å². The summed E-state index contributed by atoms with van der Waals surface area (Å²) in [5.41, 5.74) is 1.88. The van der Waals surface area contributed by atoms with Gasteiger partial charge in [0.25, 0.3) is 5.91 Å². The molecular formula is C16H20N2O4. The van der Waals surface area contributed by atoms with Crippen molar-refractivity contribution in [2.75, 3.05) is 31.7 Å². The zero-order valence-corrected chi connectivity index (χ0v) is 12.6. The zero-order valence-electron chi connectivity index (χ0n) is 12.6. The minimum absolute atomic E-state index is 0.0233. The molecule has 0 bridgehead atoms. The Morgan fingerprint density at radius 3 is 3.14 bits per heavy atom. The average molecular weight is 304 g/mol. The fourth-order valence-corrected chi connectivity index (χ4v) is 2.78. The van der Waals surface area contributed by atoms with Gasteiger partial charge in [0.15, 0.2) is 6.61 Å². The van der Waals surface area contributed by atoms with Crippen molar-refractivity contribution in [2.45, 2.75) is 25.8 Å². The normalized spacial score (nSPS) is 21.0. The van der Waals surface area contributed by atoms with E-state index in [9.17, 15) is 9.59 Å². The first-order chi connectivity index (χ1) is 10.6. The van der Waals surface area contributed by atoms with Crippen molar-refractivity contribution in [1.82, 2.24) is 4.90 Å². The largest absolute Gasteiger partial charge is 0.484 e. The molecule has 0 saturated carbocycles. The molecule has 6 nitrogen and oxygen atoms in total. The van der Waals surface area contributed by atoms with Crippen LogP contribution in [0.15, 0.2) is 18.2 Å². The van der Waals surface area contributed by atoms with Crippen LogP contribution in [-0.2, 0) is 20.7 Å². The molecule has 1 fully saturated rings. The lowest BCUT2D eigenvalue weighted by Gasteiger charge is -2.33. The molecule has 1 saturated heterocycles. The molecule has 1 aromatic carbocycles. The van der Waals surface area contributed by atoms with Crippen molar-refractivity contribution in [2.24, 2.45) is 0 Å². The first-order valence-electron chi connectivity index (χ1n) is 7.56. The van der Waals surface area contributed by atoms with Crippen molar-refractivity contribution in [3.63, 3.8) is 0 Å². The number of fused-ring (bicyclic) bond motifs is 1. The minimum atomic E-state index is -0.0261. The number of amides is 2. The number of morpholine rings is 1. The Balaban J connectivity index is 1.59. The molecule has 2 aliphatic rings. The number of carbonyl (C=O) groups is 2. The molecule has 2 aliphatic heterocycles. The van der Waals surface area contributed by atoms with E-state index in [4.69, 9.17) is 9.47 Å². The Labute approximate surface area is 129 Å². The van der Waals surface area contributed by atoms with Gasteiger partial charge in [0, 0.05) is 18.7 Å². The van der Waals surface area contributed by atoms with Gasteiger partial charge in [-0.05, 0) is 37.1 Å². The third kappa shape index (κ3) is 3.22. The summed E-state index contributed by atoms with van der Waals surface area (Å²) < 4.78 is 10.9. The number of hydrogen-bond donors (Lipinski definition) is 1. The van der Waals surface area contributed by atoms with Crippen LogP contribution in [0.3, 0.4) is 0 Å². The van der Waals surface area contributed by atoms with E-state index in [0.29, 0.717) is 38.3 Å². The van der Waals surface area contributed by atoms with Gasteiger partial charge in [-0.3, -0.25) is 9.59 Å². The van der Waals surface area contributed by atoms with Gasteiger partial charge in [-0.25, -0.2) is 0 Å². The molecule has 2 amide bonds. The number of ether oxygens (including phenoxy) is 2. The first-order valence-corrected chi connectivity index (χ1v) is 7.56. The van der Waals surface area contributed by atoms with Gasteiger partial charge in [0.1, 0.15) is 5.75 Å². The van der Waals surface area contributed by atoms with Crippen LogP contribution in [0.25, 0.3) is 0 Å². The fourth-order valence-electron chi connectivity index (χ4n) is 2.78. The van der Waals surface area contributed by atoms with E-state index in [1.165, 1.54) is 0 Å². The molecule has 118 valence electrons. The Kier molecular flexibility index (Phi) is 4.29. The highest BCUT2D eigenvalue weighted by Crippen LogP contribution is 2.26. The lowest BCUT2D eigenvalue weighted by atomic mass is 10.0. The van der Waals surface area contributed by atoms with E-state index < -0.39 is 0 Å². The maximum Gasteiger partial charge on any atom is 0.260 e. The van der Waals surface area contributed by atoms with Crippen LogP contribution in [0, 0.1) is 0 Å². The monoisotopic (exact) mass is 304 g/mol. The van der Waals surface area contributed by atoms with Crippen molar-refractivity contribution < 1.29 is 19.1 Å². The van der Waals surface area contributed by atoms with Crippen molar-refractivity contribution in [1.29, 1.82) is 0 Å². The molecule has 1 atom stereocenters. The molecule has 3 rings (SSSR count). The second-order valence-corrected chi connectivity index (χ2v) is 5.67. The van der Waals surface area contributed by atoms with Gasteiger partial charge in [-0.15, -0.1) is 0 Å². The highest BCUT2D eigenvalue weighted by molar-refractivity contribution is 5.94. The molecule has 2 heterocycles. The average Bonchev–Trinajstić information content (AvgIpc) is 2.53. The van der Waals surface area contributed by atoms with Gasteiger partial charge in [0.2, 0.25) is 5.91 Å². The standard InChI is InChI=1S/C16H20N2O4/c1-11-9-21-7-6-18(11)16(20)10-22-13-3-4-14-12(8-13)2-5-15(19)17-14/h3-4,8,11H,2,5-7,9-10H2,1H3,(H,17,19). The number of carbonyl (C=O) groups excluding carboxylic acids is 2. The second kappa shape index (κ2) is 6.36. The Morgan fingerprint density at radius 2 is 2.32 bits per heavy atom. The molecule has 1 unspecified atom stereocenters. The third-order valence-electron chi connectivity index (χ3n) is 4.02. The number of aryl methyl sites for hydroxylation is 1. The molecule has 6 heteroatoms. The number of anilines is 1. The topological polar surface area (TPSA) is 67.9 Å². The van der Waals surface area contributed by atoms with Crippen molar-refractivity contribution in [3.8, 4) is 5.75 Å². The van der Waals surface area contributed by atoms with E-state index >= 15 is 0 Å². The van der Waals surface area contributed by atoms with E-state index in [2.05, 4.69) is 5.32 Å². The molecule has 0 aliphatic carbocycles. The Hall–Kier alpha value is -2.08. The summed E-state index contributed by atoms with van der Waals surface area (Å²) in [5.74, 6) is 0.670. The van der Waals surface area contributed by atoms with Crippen LogP contribution in [0.2, 0.25) is 0 Å². The first kappa shape index (κ1) is 14.8. The number of nitrogens with one attached hydrogen (secondary N) is 1. The van der Waals surface area contributed by atoms with Crippen LogP contribution in [0.1, 0.15) is 18.9 Å². The summed E-state index contributed by atoms with van der Waals surface area (Å²) >= 11 is 0. The highest BCUT2D eigenvalue weighted by Gasteiger charge is 2.24. The van der Waals surface area contributed by atoms with E-state index in [1.54, 1.807) is 11.0 Å². The highest BCUT2D eigenvalue weighted by atomic mass is 16.5. The quantitative estimate of drug-likeness (QED) is 0.911. The molecule has 22 heavy (non-hydrogen) atoms. The SMILES string of the molecule is CC1COCCN1C(=O)COc1ccc2c(c1)CCC(=O)N2. The molecule has 1 N–H and O–H groups in total. The van der Waals surface area contributed by atoms with Crippen molar-refractivity contribution in [3.05, 3.63) is 23.8 Å². The molecule has 0 spiro atoms. The summed E-state index contributed by atoms with van der Waals surface area (Å²) in [6.45, 7) is 3.76. The third-order valence-corrected chi connectivity index (χ3v) is 4.02. The van der Waals surface area contributed by atoms with Crippen LogP contribution < -0.4 is 10.1 Å². The summed E-state index contributed by atoms with van der Waals surface area (Å²) in [7, 11) is 0. The lowest BCUT2D eigenvalue weighted by molar-refractivity contribution is -0.141. The second-order valence-electron chi connectivity index (χ2n) is 5.67. The molecular weight excluding hydrogens is 284 g/mol. The van der Waals surface area contributed by atoms with Gasteiger partial charge >= 0.3 is 0 Å². The van der Waals surface area contributed by atoms with Gasteiger partial charge < -0.3 is 19.7 Å². The molecule has 0 aromatic heterocycles. The van der Waals surface area contributed by atoms with E-state index in [-0.39, 0.29) is 24.5 Å². The smallest absolute Gasteiger partial charge is 0.260 e. The summed E-state index contributed by atoms with van der Waals surface area (Å²) in [5, 5.41) is 2.83.